The summed E-state index contributed by atoms with van der Waals surface area (Å²) in [6, 6.07) is 0.446. The molecule has 0 aromatic rings. The Balaban J connectivity index is 1.53. The van der Waals surface area contributed by atoms with Crippen LogP contribution in [0, 0.1) is 0 Å². The fourth-order valence-electron chi connectivity index (χ4n) is 2.37. The van der Waals surface area contributed by atoms with E-state index in [-0.39, 0.29) is 11.4 Å². The maximum absolute atomic E-state index is 11.4. The van der Waals surface area contributed by atoms with Gasteiger partial charge in [0.05, 0.1) is 13.2 Å². The summed E-state index contributed by atoms with van der Waals surface area (Å²) >= 11 is 0. The Morgan fingerprint density at radius 3 is 2.65 bits per heavy atom. The summed E-state index contributed by atoms with van der Waals surface area (Å²) in [7, 11) is 0. The van der Waals surface area contributed by atoms with Gasteiger partial charge in [-0.2, -0.15) is 0 Å². The predicted octanol–water partition coefficient (Wildman–Crippen LogP) is 1.33. The van der Waals surface area contributed by atoms with Crippen molar-refractivity contribution in [2.24, 2.45) is 5.73 Å². The molecule has 0 radical (unpaired) electrons. The molecule has 2 aliphatic rings. The molecule has 0 aromatic heterocycles. The van der Waals surface area contributed by atoms with E-state index in [9.17, 15) is 4.79 Å². The standard InChI is InChI=1S/C13H24N2O2/c14-13(7-2-1-3-8-13)10-17-9-6-12(16)15-11-4-5-11/h11H,1-10,14H2,(H,15,16). The van der Waals surface area contributed by atoms with Gasteiger partial charge in [0.25, 0.3) is 0 Å². The highest BCUT2D eigenvalue weighted by Crippen LogP contribution is 2.26. The first-order chi connectivity index (χ1) is 8.18. The molecule has 0 unspecified atom stereocenters. The Kier molecular flexibility index (Phi) is 4.40. The largest absolute Gasteiger partial charge is 0.379 e. The summed E-state index contributed by atoms with van der Waals surface area (Å²) in [6.45, 7) is 1.10. The van der Waals surface area contributed by atoms with Crippen molar-refractivity contribution in [1.29, 1.82) is 0 Å². The Morgan fingerprint density at radius 2 is 2.00 bits per heavy atom. The molecule has 0 heterocycles. The molecule has 0 saturated heterocycles. The molecule has 2 fully saturated rings. The van der Waals surface area contributed by atoms with Crippen LogP contribution in [0.15, 0.2) is 0 Å². The van der Waals surface area contributed by atoms with Crippen LogP contribution < -0.4 is 11.1 Å². The summed E-state index contributed by atoms with van der Waals surface area (Å²) in [5.74, 6) is 0.113. The number of carbonyl (C=O) groups is 1. The SMILES string of the molecule is NC1(COCCC(=O)NC2CC2)CCCCC1. The van der Waals surface area contributed by atoms with Crippen molar-refractivity contribution in [3.8, 4) is 0 Å². The molecule has 0 atom stereocenters. The van der Waals surface area contributed by atoms with E-state index >= 15 is 0 Å². The molecule has 0 spiro atoms. The Labute approximate surface area is 103 Å². The van der Waals surface area contributed by atoms with Gasteiger partial charge in [0, 0.05) is 18.0 Å². The van der Waals surface area contributed by atoms with Crippen molar-refractivity contribution in [3.05, 3.63) is 0 Å². The van der Waals surface area contributed by atoms with Gasteiger partial charge in [0.1, 0.15) is 0 Å². The maximum Gasteiger partial charge on any atom is 0.222 e. The van der Waals surface area contributed by atoms with Crippen molar-refractivity contribution < 1.29 is 9.53 Å². The molecule has 1 amide bonds. The minimum Gasteiger partial charge on any atom is -0.379 e. The zero-order valence-corrected chi connectivity index (χ0v) is 10.5. The minimum atomic E-state index is -0.134. The summed E-state index contributed by atoms with van der Waals surface area (Å²) in [5.41, 5.74) is 6.11. The van der Waals surface area contributed by atoms with Crippen LogP contribution >= 0.6 is 0 Å². The third-order valence-electron chi connectivity index (χ3n) is 3.65. The molecule has 0 bridgehead atoms. The fourth-order valence-corrected chi connectivity index (χ4v) is 2.37. The van der Waals surface area contributed by atoms with Crippen LogP contribution in [0.25, 0.3) is 0 Å². The number of nitrogens with one attached hydrogen (secondary N) is 1. The van der Waals surface area contributed by atoms with Crippen LogP contribution in [0.2, 0.25) is 0 Å². The first-order valence-corrected chi connectivity index (χ1v) is 6.84. The van der Waals surface area contributed by atoms with E-state index in [2.05, 4.69) is 5.32 Å². The van der Waals surface area contributed by atoms with Crippen LogP contribution in [0.5, 0.6) is 0 Å². The van der Waals surface area contributed by atoms with Gasteiger partial charge in [0.15, 0.2) is 0 Å². The van der Waals surface area contributed by atoms with Gasteiger partial charge in [-0.25, -0.2) is 0 Å². The van der Waals surface area contributed by atoms with E-state index in [1.165, 1.54) is 19.3 Å². The van der Waals surface area contributed by atoms with Gasteiger partial charge in [-0.05, 0) is 25.7 Å². The van der Waals surface area contributed by atoms with Crippen LogP contribution in [0.4, 0.5) is 0 Å². The van der Waals surface area contributed by atoms with Crippen molar-refractivity contribution >= 4 is 5.91 Å². The average molecular weight is 240 g/mol. The molecule has 98 valence electrons. The third-order valence-corrected chi connectivity index (χ3v) is 3.65. The smallest absolute Gasteiger partial charge is 0.222 e. The highest BCUT2D eigenvalue weighted by atomic mass is 16.5. The molecular formula is C13H24N2O2. The average Bonchev–Trinajstić information content (AvgIpc) is 3.09. The van der Waals surface area contributed by atoms with E-state index in [0.29, 0.717) is 25.7 Å². The Morgan fingerprint density at radius 1 is 1.29 bits per heavy atom. The number of amides is 1. The molecule has 2 aliphatic carbocycles. The van der Waals surface area contributed by atoms with Crippen LogP contribution in [-0.4, -0.2) is 30.7 Å². The third kappa shape index (κ3) is 4.64. The fraction of sp³-hybridized carbons (Fsp3) is 0.923. The number of hydrogen-bond acceptors (Lipinski definition) is 3. The molecule has 2 rings (SSSR count). The van der Waals surface area contributed by atoms with Crippen molar-refractivity contribution in [2.45, 2.75) is 62.9 Å². The number of nitrogens with two attached hydrogens (primary N) is 1. The second-order valence-corrected chi connectivity index (χ2v) is 5.57. The predicted molar refractivity (Wildman–Crippen MR) is 66.6 cm³/mol. The highest BCUT2D eigenvalue weighted by Gasteiger charge is 2.27. The van der Waals surface area contributed by atoms with Crippen molar-refractivity contribution in [3.63, 3.8) is 0 Å². The lowest BCUT2D eigenvalue weighted by molar-refractivity contribution is -0.122. The topological polar surface area (TPSA) is 64.3 Å². The normalized spacial score (nSPS) is 23.4. The molecule has 17 heavy (non-hydrogen) atoms. The summed E-state index contributed by atoms with van der Waals surface area (Å²) in [6.07, 6.45) is 8.57. The van der Waals surface area contributed by atoms with Crippen LogP contribution in [0.3, 0.4) is 0 Å². The van der Waals surface area contributed by atoms with Gasteiger partial charge in [-0.3, -0.25) is 4.79 Å². The lowest BCUT2D eigenvalue weighted by atomic mass is 9.83. The Hall–Kier alpha value is -0.610. The number of hydrogen-bond donors (Lipinski definition) is 2. The zero-order valence-electron chi connectivity index (χ0n) is 10.5. The zero-order chi connectivity index (χ0) is 12.1. The van der Waals surface area contributed by atoms with Crippen LogP contribution in [-0.2, 0) is 9.53 Å². The van der Waals surface area contributed by atoms with Crippen LogP contribution in [0.1, 0.15) is 51.4 Å². The molecule has 0 aromatic carbocycles. The Bertz CT molecular complexity index is 258. The quantitative estimate of drug-likeness (QED) is 0.688. The minimum absolute atomic E-state index is 0.113. The first-order valence-electron chi connectivity index (χ1n) is 6.84. The summed E-state index contributed by atoms with van der Waals surface area (Å²) in [4.78, 5) is 11.4. The number of rotatable bonds is 6. The van der Waals surface area contributed by atoms with E-state index in [1.807, 2.05) is 0 Å². The van der Waals surface area contributed by atoms with E-state index in [1.54, 1.807) is 0 Å². The molecular weight excluding hydrogens is 216 g/mol. The second kappa shape index (κ2) is 5.83. The summed E-state index contributed by atoms with van der Waals surface area (Å²) < 4.78 is 5.56. The highest BCUT2D eigenvalue weighted by molar-refractivity contribution is 5.76. The second-order valence-electron chi connectivity index (χ2n) is 5.57. The molecule has 4 nitrogen and oxygen atoms in total. The lowest BCUT2D eigenvalue weighted by Crippen LogP contribution is -2.46. The number of carbonyl (C=O) groups excluding carboxylic acids is 1. The monoisotopic (exact) mass is 240 g/mol. The lowest BCUT2D eigenvalue weighted by Gasteiger charge is -2.32. The maximum atomic E-state index is 11.4. The van der Waals surface area contributed by atoms with Gasteiger partial charge in [-0.1, -0.05) is 19.3 Å². The molecule has 3 N–H and O–H groups in total. The molecule has 2 saturated carbocycles. The van der Waals surface area contributed by atoms with Gasteiger partial charge in [-0.15, -0.1) is 0 Å². The van der Waals surface area contributed by atoms with E-state index in [0.717, 1.165) is 25.7 Å². The van der Waals surface area contributed by atoms with Crippen molar-refractivity contribution in [1.82, 2.24) is 5.32 Å². The van der Waals surface area contributed by atoms with E-state index in [4.69, 9.17) is 10.5 Å². The van der Waals surface area contributed by atoms with Gasteiger partial charge >= 0.3 is 0 Å². The first kappa shape index (κ1) is 12.8. The van der Waals surface area contributed by atoms with Gasteiger partial charge in [0.2, 0.25) is 5.91 Å². The molecule has 4 heteroatoms. The van der Waals surface area contributed by atoms with E-state index < -0.39 is 0 Å². The van der Waals surface area contributed by atoms with Gasteiger partial charge < -0.3 is 15.8 Å². The van der Waals surface area contributed by atoms with Crippen molar-refractivity contribution in [2.75, 3.05) is 13.2 Å². The summed E-state index contributed by atoms with van der Waals surface area (Å²) in [5, 5.41) is 2.95. The molecule has 0 aliphatic heterocycles. The number of ether oxygens (including phenoxy) is 1.